The summed E-state index contributed by atoms with van der Waals surface area (Å²) >= 11 is 6.13. The highest BCUT2D eigenvalue weighted by Gasteiger charge is 2.37. The summed E-state index contributed by atoms with van der Waals surface area (Å²) in [5, 5.41) is 13.8. The van der Waals surface area contributed by atoms with E-state index < -0.39 is 51.5 Å². The fraction of sp³-hybridized carbons (Fsp3) is 0.148. The summed E-state index contributed by atoms with van der Waals surface area (Å²) < 4.78 is 50.2. The Kier molecular flexibility index (Phi) is 8.01. The predicted molar refractivity (Wildman–Crippen MR) is 141 cm³/mol. The van der Waals surface area contributed by atoms with Crippen LogP contribution in [0.15, 0.2) is 60.2 Å². The maximum absolute atomic E-state index is 13.2. The Morgan fingerprint density at radius 2 is 1.73 bits per heavy atom. The second-order valence-corrected chi connectivity index (χ2v) is 8.98. The van der Waals surface area contributed by atoms with Crippen molar-refractivity contribution in [1.82, 2.24) is 5.32 Å². The first-order valence-electron chi connectivity index (χ1n) is 11.8. The monoisotopic (exact) mass is 589 g/mol. The van der Waals surface area contributed by atoms with Crippen LogP contribution in [0.4, 0.5) is 29.3 Å². The Morgan fingerprint density at radius 3 is 2.37 bits per heavy atom. The number of ether oxygens (including phenoxy) is 2. The molecule has 0 spiro atoms. The van der Waals surface area contributed by atoms with Gasteiger partial charge in [-0.05, 0) is 67.4 Å². The van der Waals surface area contributed by atoms with Crippen molar-refractivity contribution in [1.29, 1.82) is 0 Å². The van der Waals surface area contributed by atoms with Gasteiger partial charge in [-0.2, -0.15) is 13.2 Å². The van der Waals surface area contributed by atoms with Crippen molar-refractivity contribution >= 4 is 46.9 Å². The zero-order chi connectivity index (χ0) is 30.1. The van der Waals surface area contributed by atoms with Gasteiger partial charge >= 0.3 is 17.9 Å². The molecule has 0 saturated carbocycles. The highest BCUT2D eigenvalue weighted by atomic mass is 35.5. The number of hydrogen-bond donors (Lipinski definition) is 1. The molecule has 0 atom stereocenters. The zero-order valence-electron chi connectivity index (χ0n) is 21.2. The maximum Gasteiger partial charge on any atom is 0.416 e. The number of nitrogens with one attached hydrogen (secondary N) is 1. The fourth-order valence-corrected chi connectivity index (χ4v) is 3.96. The maximum atomic E-state index is 13.2. The van der Waals surface area contributed by atoms with E-state index in [0.717, 1.165) is 11.0 Å². The predicted octanol–water partition coefficient (Wildman–Crippen LogP) is 6.43. The van der Waals surface area contributed by atoms with Crippen LogP contribution in [-0.2, 0) is 15.8 Å². The zero-order valence-corrected chi connectivity index (χ0v) is 22.0. The quantitative estimate of drug-likeness (QED) is 0.145. The number of halogens is 4. The van der Waals surface area contributed by atoms with E-state index in [0.29, 0.717) is 22.7 Å². The Morgan fingerprint density at radius 1 is 1.02 bits per heavy atom. The van der Waals surface area contributed by atoms with E-state index in [1.165, 1.54) is 36.4 Å². The molecule has 1 heterocycles. The van der Waals surface area contributed by atoms with Gasteiger partial charge in [0.05, 0.1) is 22.8 Å². The molecule has 3 aromatic carbocycles. The molecule has 0 aromatic heterocycles. The Labute approximate surface area is 235 Å². The summed E-state index contributed by atoms with van der Waals surface area (Å²) in [6.07, 6.45) is -3.61. The lowest BCUT2D eigenvalue weighted by molar-refractivity contribution is -0.385. The number of nitro groups is 1. The first-order chi connectivity index (χ1) is 19.3. The lowest BCUT2D eigenvalue weighted by Crippen LogP contribution is -2.54. The van der Waals surface area contributed by atoms with Crippen molar-refractivity contribution in [2.24, 2.45) is 0 Å². The highest BCUT2D eigenvalue weighted by molar-refractivity contribution is 6.39. The van der Waals surface area contributed by atoms with Crippen LogP contribution >= 0.6 is 11.6 Å². The SMILES string of the molecule is CCOc1cc(/C=C2\C(=O)NC(=O)N(c3ccc(C)c(Cl)c3)C2=O)ccc1Oc1ccc(C(F)(F)F)cc1[N+](=O)[O-]. The number of rotatable bonds is 7. The fourth-order valence-electron chi connectivity index (χ4n) is 3.79. The van der Waals surface area contributed by atoms with Crippen LogP contribution in [0.25, 0.3) is 6.08 Å². The molecule has 0 bridgehead atoms. The number of amides is 4. The van der Waals surface area contributed by atoms with Crippen LogP contribution in [0, 0.1) is 17.0 Å². The third-order valence-corrected chi connectivity index (χ3v) is 6.20. The first-order valence-corrected chi connectivity index (χ1v) is 12.2. The molecule has 212 valence electrons. The Balaban J connectivity index is 1.69. The summed E-state index contributed by atoms with van der Waals surface area (Å²) in [6.45, 7) is 3.46. The molecule has 4 rings (SSSR count). The number of aryl methyl sites for hydroxylation is 1. The summed E-state index contributed by atoms with van der Waals surface area (Å²) in [5.74, 6) is -2.41. The standard InChI is InChI=1S/C27H19ClF3N3O7/c1-3-40-23-11-15(5-8-22(23)41-21-9-6-16(27(29,30)31)12-20(21)34(38)39)10-18-24(35)32-26(37)33(25(18)36)17-7-4-14(2)19(28)13-17/h4-13H,3H2,1-2H3,(H,32,35,37)/b18-10+. The minimum Gasteiger partial charge on any atom is -0.490 e. The molecule has 1 saturated heterocycles. The summed E-state index contributed by atoms with van der Waals surface area (Å²) in [5.41, 5.74) is -1.44. The molecule has 3 aromatic rings. The number of imide groups is 2. The van der Waals surface area contributed by atoms with Gasteiger partial charge < -0.3 is 9.47 Å². The smallest absolute Gasteiger partial charge is 0.416 e. The molecule has 0 radical (unpaired) electrons. The summed E-state index contributed by atoms with van der Waals surface area (Å²) in [7, 11) is 0. The van der Waals surface area contributed by atoms with Crippen LogP contribution in [0.5, 0.6) is 17.2 Å². The second-order valence-electron chi connectivity index (χ2n) is 8.57. The minimum absolute atomic E-state index is 0.0120. The highest BCUT2D eigenvalue weighted by Crippen LogP contribution is 2.40. The van der Waals surface area contributed by atoms with E-state index in [1.807, 2.05) is 0 Å². The first kappa shape index (κ1) is 29.1. The molecule has 0 aliphatic carbocycles. The molecule has 1 fully saturated rings. The average Bonchev–Trinajstić information content (AvgIpc) is 2.89. The normalized spacial score (nSPS) is 14.7. The van der Waals surface area contributed by atoms with Crippen molar-refractivity contribution in [3.05, 3.63) is 92.0 Å². The largest absolute Gasteiger partial charge is 0.490 e. The molecule has 1 aliphatic heterocycles. The molecule has 1 N–H and O–H groups in total. The number of alkyl halides is 3. The summed E-state index contributed by atoms with van der Waals surface area (Å²) in [4.78, 5) is 49.4. The third kappa shape index (κ3) is 6.14. The van der Waals surface area contributed by atoms with E-state index in [2.05, 4.69) is 5.32 Å². The van der Waals surface area contributed by atoms with E-state index in [-0.39, 0.29) is 29.4 Å². The second kappa shape index (κ2) is 11.3. The Hall–Kier alpha value is -4.91. The number of hydrogen-bond acceptors (Lipinski definition) is 7. The van der Waals surface area contributed by atoms with Gasteiger partial charge in [-0.25, -0.2) is 9.69 Å². The molecular weight excluding hydrogens is 571 g/mol. The summed E-state index contributed by atoms with van der Waals surface area (Å²) in [6, 6.07) is 9.39. The van der Waals surface area contributed by atoms with Crippen LogP contribution in [0.3, 0.4) is 0 Å². The van der Waals surface area contributed by atoms with Gasteiger partial charge in [0.1, 0.15) is 5.57 Å². The number of nitrogens with zero attached hydrogens (tertiary/aromatic N) is 2. The number of anilines is 1. The van der Waals surface area contributed by atoms with E-state index in [4.69, 9.17) is 21.1 Å². The van der Waals surface area contributed by atoms with Gasteiger partial charge in [-0.3, -0.25) is 25.0 Å². The van der Waals surface area contributed by atoms with Crippen LogP contribution < -0.4 is 19.7 Å². The van der Waals surface area contributed by atoms with Crippen molar-refractivity contribution < 1.29 is 42.0 Å². The van der Waals surface area contributed by atoms with Crippen molar-refractivity contribution in [3.8, 4) is 17.2 Å². The van der Waals surface area contributed by atoms with Gasteiger partial charge in [0.2, 0.25) is 5.75 Å². The van der Waals surface area contributed by atoms with Crippen LogP contribution in [0.1, 0.15) is 23.6 Å². The van der Waals surface area contributed by atoms with Crippen LogP contribution in [-0.4, -0.2) is 29.4 Å². The Bertz CT molecular complexity index is 1620. The number of carbonyl (C=O) groups is 3. The van der Waals surface area contributed by atoms with Gasteiger partial charge in [0.25, 0.3) is 11.8 Å². The lowest BCUT2D eigenvalue weighted by atomic mass is 10.1. The van der Waals surface area contributed by atoms with Gasteiger partial charge in [0.15, 0.2) is 11.5 Å². The van der Waals surface area contributed by atoms with Crippen molar-refractivity contribution in [2.45, 2.75) is 20.0 Å². The average molecular weight is 590 g/mol. The van der Waals surface area contributed by atoms with Gasteiger partial charge in [-0.1, -0.05) is 23.7 Å². The molecule has 0 unspecified atom stereocenters. The van der Waals surface area contributed by atoms with Crippen LogP contribution in [0.2, 0.25) is 5.02 Å². The van der Waals surface area contributed by atoms with E-state index in [9.17, 15) is 37.7 Å². The molecule has 14 heteroatoms. The van der Waals surface area contributed by atoms with Gasteiger partial charge in [-0.15, -0.1) is 0 Å². The van der Waals surface area contributed by atoms with E-state index in [1.54, 1.807) is 19.9 Å². The molecule has 10 nitrogen and oxygen atoms in total. The van der Waals surface area contributed by atoms with Crippen molar-refractivity contribution in [3.63, 3.8) is 0 Å². The number of benzene rings is 3. The third-order valence-electron chi connectivity index (χ3n) is 5.80. The topological polar surface area (TPSA) is 128 Å². The minimum atomic E-state index is -4.80. The number of carbonyl (C=O) groups excluding carboxylic acids is 3. The number of urea groups is 1. The van der Waals surface area contributed by atoms with Gasteiger partial charge in [0, 0.05) is 11.1 Å². The van der Waals surface area contributed by atoms with Crippen molar-refractivity contribution in [2.75, 3.05) is 11.5 Å². The lowest BCUT2D eigenvalue weighted by Gasteiger charge is -2.26. The molecular formula is C27H19ClF3N3O7. The molecule has 4 amide bonds. The van der Waals surface area contributed by atoms with E-state index >= 15 is 0 Å². The number of nitro benzene ring substituents is 1. The molecule has 1 aliphatic rings. The molecule has 41 heavy (non-hydrogen) atoms. The number of barbiturate groups is 1.